The molecule has 35 heavy (non-hydrogen) atoms. The Morgan fingerprint density at radius 3 is 2.20 bits per heavy atom. The van der Waals surface area contributed by atoms with Crippen molar-refractivity contribution in [2.24, 2.45) is 52.3 Å². The SMILES string of the molecule is CC.CC.CC(C)CCCC(C)C1CCC2C3C(C(=O)O)CC4NC(=O)CC[C@]4(C)C3CC[C@]12C. The van der Waals surface area contributed by atoms with E-state index in [1.165, 1.54) is 38.5 Å². The Balaban J connectivity index is 0.00000103. The fraction of sp³-hybridized carbons (Fsp3) is 0.935. The number of carboxylic acid groups (broad SMARTS) is 1. The number of aliphatic carboxylic acids is 1. The minimum atomic E-state index is -0.630. The first kappa shape index (κ1) is 30.2. The second kappa shape index (κ2) is 12.5. The highest BCUT2D eigenvalue weighted by atomic mass is 16.4. The topological polar surface area (TPSA) is 66.4 Å². The van der Waals surface area contributed by atoms with Crippen molar-refractivity contribution in [2.75, 3.05) is 0 Å². The maximum absolute atomic E-state index is 12.5. The molecule has 4 nitrogen and oxygen atoms in total. The number of rotatable bonds is 6. The van der Waals surface area contributed by atoms with Gasteiger partial charge in [-0.05, 0) is 84.9 Å². The minimum absolute atomic E-state index is 0.0348. The van der Waals surface area contributed by atoms with Crippen molar-refractivity contribution in [1.82, 2.24) is 5.32 Å². The highest BCUT2D eigenvalue weighted by Gasteiger charge is 2.64. The molecule has 1 saturated heterocycles. The van der Waals surface area contributed by atoms with Gasteiger partial charge in [0.15, 0.2) is 0 Å². The third-order valence-corrected chi connectivity index (χ3v) is 10.7. The van der Waals surface area contributed by atoms with Crippen molar-refractivity contribution in [3.8, 4) is 0 Å². The van der Waals surface area contributed by atoms with E-state index in [4.69, 9.17) is 0 Å². The lowest BCUT2D eigenvalue weighted by Gasteiger charge is -2.62. The van der Waals surface area contributed by atoms with Crippen LogP contribution in [-0.4, -0.2) is 23.0 Å². The highest BCUT2D eigenvalue weighted by Crippen LogP contribution is 2.67. The molecule has 4 heteroatoms. The van der Waals surface area contributed by atoms with E-state index in [1.54, 1.807) is 0 Å². The minimum Gasteiger partial charge on any atom is -0.481 e. The van der Waals surface area contributed by atoms with E-state index in [-0.39, 0.29) is 34.6 Å². The molecule has 0 radical (unpaired) electrons. The number of carboxylic acids is 1. The number of nitrogens with one attached hydrogen (secondary N) is 1. The number of carbonyl (C=O) groups is 2. The van der Waals surface area contributed by atoms with Crippen LogP contribution in [0.5, 0.6) is 0 Å². The van der Waals surface area contributed by atoms with Crippen LogP contribution >= 0.6 is 0 Å². The van der Waals surface area contributed by atoms with Gasteiger partial charge in [-0.3, -0.25) is 9.59 Å². The third-order valence-electron chi connectivity index (χ3n) is 10.7. The number of hydrogen-bond donors (Lipinski definition) is 2. The van der Waals surface area contributed by atoms with Gasteiger partial charge in [0.2, 0.25) is 5.91 Å². The fourth-order valence-electron chi connectivity index (χ4n) is 8.99. The number of carbonyl (C=O) groups excluding carboxylic acids is 1. The average molecular weight is 492 g/mol. The van der Waals surface area contributed by atoms with E-state index in [1.807, 2.05) is 27.7 Å². The predicted molar refractivity (Wildman–Crippen MR) is 146 cm³/mol. The lowest BCUT2D eigenvalue weighted by molar-refractivity contribution is -0.168. The zero-order valence-electron chi connectivity index (χ0n) is 24.5. The summed E-state index contributed by atoms with van der Waals surface area (Å²) in [6.07, 6.45) is 11.0. The summed E-state index contributed by atoms with van der Waals surface area (Å²) in [5.41, 5.74) is 0.347. The molecule has 204 valence electrons. The standard InChI is InChI=1S/C27H45NO3.2C2H6/c1-16(2)7-6-8-17(3)19-9-10-20-24-18(25(30)31)15-22-27(5,14-12-23(29)28-22)21(24)11-13-26(19,20)4;2*1-2/h16-22,24H,6-15H2,1-5H3,(H,28,29)(H,30,31);2*1-2H3/t17?,18?,19?,20?,21?,22?,24?,26-,27-;;/m1../s1. The Bertz CT molecular complexity index is 705. The zero-order chi connectivity index (χ0) is 26.6. The molecule has 4 aliphatic rings. The second-order valence-electron chi connectivity index (χ2n) is 12.6. The van der Waals surface area contributed by atoms with E-state index in [2.05, 4.69) is 39.9 Å². The third kappa shape index (κ3) is 5.77. The maximum Gasteiger partial charge on any atom is 0.306 e. The van der Waals surface area contributed by atoms with Gasteiger partial charge < -0.3 is 10.4 Å². The molecular weight excluding hydrogens is 434 g/mol. The molecule has 4 rings (SSSR count). The molecule has 2 N–H and O–H groups in total. The van der Waals surface area contributed by atoms with Crippen LogP contribution in [0.4, 0.5) is 0 Å². The monoisotopic (exact) mass is 491 g/mol. The first-order valence-electron chi connectivity index (χ1n) is 15.1. The van der Waals surface area contributed by atoms with Crippen molar-refractivity contribution in [3.63, 3.8) is 0 Å². The smallest absolute Gasteiger partial charge is 0.306 e. The van der Waals surface area contributed by atoms with E-state index in [0.717, 1.165) is 30.6 Å². The summed E-state index contributed by atoms with van der Waals surface area (Å²) < 4.78 is 0. The van der Waals surface area contributed by atoms with Gasteiger partial charge in [-0.1, -0.05) is 81.6 Å². The Hall–Kier alpha value is -1.06. The molecule has 1 amide bonds. The second-order valence-corrected chi connectivity index (χ2v) is 12.6. The van der Waals surface area contributed by atoms with Gasteiger partial charge in [-0.2, -0.15) is 0 Å². The van der Waals surface area contributed by atoms with E-state index in [9.17, 15) is 14.7 Å². The molecule has 3 saturated carbocycles. The zero-order valence-corrected chi connectivity index (χ0v) is 24.5. The van der Waals surface area contributed by atoms with E-state index < -0.39 is 5.97 Å². The van der Waals surface area contributed by atoms with Gasteiger partial charge in [0.25, 0.3) is 0 Å². The molecule has 3 aliphatic carbocycles. The maximum atomic E-state index is 12.5. The lowest BCUT2D eigenvalue weighted by atomic mass is 9.44. The van der Waals surface area contributed by atoms with Crippen molar-refractivity contribution < 1.29 is 14.7 Å². The fourth-order valence-corrected chi connectivity index (χ4v) is 8.99. The number of fused-ring (bicyclic) bond motifs is 5. The van der Waals surface area contributed by atoms with Gasteiger partial charge in [0.05, 0.1) is 5.92 Å². The van der Waals surface area contributed by atoms with Crippen LogP contribution in [0.25, 0.3) is 0 Å². The summed E-state index contributed by atoms with van der Waals surface area (Å²) in [5.74, 6) is 2.66. The Morgan fingerprint density at radius 2 is 1.60 bits per heavy atom. The quantitative estimate of drug-likeness (QED) is 0.396. The first-order chi connectivity index (χ1) is 16.6. The Labute approximate surface area is 216 Å². The molecule has 4 fully saturated rings. The summed E-state index contributed by atoms with van der Waals surface area (Å²) in [5, 5.41) is 13.5. The summed E-state index contributed by atoms with van der Waals surface area (Å²) in [6.45, 7) is 20.0. The normalized spacial score (nSPS) is 40.6. The summed E-state index contributed by atoms with van der Waals surface area (Å²) in [7, 11) is 0. The molecular formula is C31H57NO3. The molecule has 9 atom stereocenters. The number of hydrogen-bond acceptors (Lipinski definition) is 2. The van der Waals surface area contributed by atoms with Crippen LogP contribution < -0.4 is 5.32 Å². The molecule has 0 aromatic carbocycles. The van der Waals surface area contributed by atoms with Gasteiger partial charge in [-0.25, -0.2) is 0 Å². The van der Waals surface area contributed by atoms with Crippen LogP contribution in [0.3, 0.4) is 0 Å². The Morgan fingerprint density at radius 1 is 0.971 bits per heavy atom. The van der Waals surface area contributed by atoms with Crippen molar-refractivity contribution in [3.05, 3.63) is 0 Å². The van der Waals surface area contributed by atoms with Crippen LogP contribution in [0.15, 0.2) is 0 Å². The first-order valence-corrected chi connectivity index (χ1v) is 15.1. The Kier molecular flexibility index (Phi) is 10.7. The van der Waals surface area contributed by atoms with Crippen molar-refractivity contribution in [2.45, 2.75) is 133 Å². The van der Waals surface area contributed by atoms with Crippen LogP contribution in [0, 0.1) is 52.3 Å². The van der Waals surface area contributed by atoms with Crippen LogP contribution in [0.1, 0.15) is 127 Å². The summed E-state index contributed by atoms with van der Waals surface area (Å²) in [6, 6.07) is 0.0348. The van der Waals surface area contributed by atoms with Gasteiger partial charge >= 0.3 is 5.97 Å². The van der Waals surface area contributed by atoms with Gasteiger partial charge in [0.1, 0.15) is 0 Å². The molecule has 7 unspecified atom stereocenters. The van der Waals surface area contributed by atoms with Crippen molar-refractivity contribution >= 4 is 11.9 Å². The summed E-state index contributed by atoms with van der Waals surface area (Å²) >= 11 is 0. The lowest BCUT2D eigenvalue weighted by Crippen LogP contribution is -2.64. The predicted octanol–water partition coefficient (Wildman–Crippen LogP) is 7.95. The van der Waals surface area contributed by atoms with Crippen LogP contribution in [0.2, 0.25) is 0 Å². The van der Waals surface area contributed by atoms with E-state index in [0.29, 0.717) is 24.7 Å². The molecule has 1 aliphatic heterocycles. The van der Waals surface area contributed by atoms with Gasteiger partial charge in [0, 0.05) is 12.5 Å². The summed E-state index contributed by atoms with van der Waals surface area (Å²) in [4.78, 5) is 24.6. The number of amides is 1. The average Bonchev–Trinajstić information content (AvgIpc) is 3.18. The molecule has 0 bridgehead atoms. The molecule has 0 aromatic heterocycles. The van der Waals surface area contributed by atoms with Crippen molar-refractivity contribution in [1.29, 1.82) is 0 Å². The van der Waals surface area contributed by atoms with Crippen LogP contribution in [-0.2, 0) is 9.59 Å². The molecule has 0 aromatic rings. The molecule has 0 spiro atoms. The van der Waals surface area contributed by atoms with Gasteiger partial charge in [-0.15, -0.1) is 0 Å². The van der Waals surface area contributed by atoms with E-state index >= 15 is 0 Å². The number of piperidine rings is 1. The highest BCUT2D eigenvalue weighted by molar-refractivity contribution is 5.78. The largest absolute Gasteiger partial charge is 0.481 e. The molecule has 1 heterocycles.